The number of carbonyl (C=O) groups is 1. The van der Waals surface area contributed by atoms with Crippen LogP contribution < -0.4 is 11.2 Å². The van der Waals surface area contributed by atoms with Crippen molar-refractivity contribution in [1.82, 2.24) is 9.55 Å². The molecule has 10 heteroatoms. The van der Waals surface area contributed by atoms with E-state index in [-0.39, 0.29) is 6.42 Å². The third-order valence-electron chi connectivity index (χ3n) is 3.52. The van der Waals surface area contributed by atoms with Crippen LogP contribution >= 0.6 is 0 Å². The maximum Gasteiger partial charge on any atom is 0.330 e. The summed E-state index contributed by atoms with van der Waals surface area (Å²) in [6.07, 6.45) is -1.93. The van der Waals surface area contributed by atoms with Crippen LogP contribution in [0.4, 0.5) is 0 Å². The lowest BCUT2D eigenvalue weighted by Crippen LogP contribution is -2.38. The van der Waals surface area contributed by atoms with Crippen molar-refractivity contribution < 1.29 is 14.6 Å². The molecule has 118 valence electrons. The summed E-state index contributed by atoms with van der Waals surface area (Å²) in [5.41, 5.74) is 7.69. The predicted octanol–water partition coefficient (Wildman–Crippen LogP) is -0.239. The third kappa shape index (κ3) is 2.93. The van der Waals surface area contributed by atoms with Gasteiger partial charge in [0.15, 0.2) is 5.78 Å². The number of Topliss-reactive ketones (excluding diaryl/α,β-unsaturated/α-hetero) is 1. The lowest BCUT2D eigenvalue weighted by molar-refractivity contribution is -0.135. The van der Waals surface area contributed by atoms with Crippen molar-refractivity contribution in [3.05, 3.63) is 43.0 Å². The van der Waals surface area contributed by atoms with E-state index in [9.17, 15) is 19.5 Å². The van der Waals surface area contributed by atoms with Gasteiger partial charge in [0, 0.05) is 23.1 Å². The number of carbonyl (C=O) groups excluding carboxylic acids is 1. The molecule has 2 rings (SSSR count). The molecule has 0 spiro atoms. The van der Waals surface area contributed by atoms with E-state index in [2.05, 4.69) is 15.0 Å². The van der Waals surface area contributed by atoms with Crippen molar-refractivity contribution in [3.8, 4) is 0 Å². The lowest BCUT2D eigenvalue weighted by atomic mass is 10.0. The first-order valence-electron chi connectivity index (χ1n) is 6.55. The first-order valence-corrected chi connectivity index (χ1v) is 6.55. The first-order chi connectivity index (χ1) is 10.3. The summed E-state index contributed by atoms with van der Waals surface area (Å²) >= 11 is 0. The Morgan fingerprint density at radius 2 is 2.32 bits per heavy atom. The zero-order valence-corrected chi connectivity index (χ0v) is 12.0. The molecular formula is C12H15N5O5. The van der Waals surface area contributed by atoms with E-state index < -0.39 is 41.5 Å². The highest BCUT2D eigenvalue weighted by molar-refractivity contribution is 5.81. The fourth-order valence-corrected chi connectivity index (χ4v) is 2.34. The fraction of sp³-hybridized carbons (Fsp3) is 0.583. The molecule has 0 amide bonds. The second kappa shape index (κ2) is 6.14. The molecule has 0 bridgehead atoms. The van der Waals surface area contributed by atoms with Gasteiger partial charge in [0.05, 0.1) is 6.04 Å². The molecule has 0 radical (unpaired) electrons. The van der Waals surface area contributed by atoms with Crippen LogP contribution in [0.2, 0.25) is 0 Å². The molecule has 1 aliphatic heterocycles. The quantitative estimate of drug-likeness (QED) is 0.447. The van der Waals surface area contributed by atoms with Gasteiger partial charge >= 0.3 is 5.69 Å². The number of aromatic amines is 1. The Morgan fingerprint density at radius 1 is 1.64 bits per heavy atom. The normalized spacial score (nSPS) is 25.5. The highest BCUT2D eigenvalue weighted by Crippen LogP contribution is 2.32. The summed E-state index contributed by atoms with van der Waals surface area (Å²) < 4.78 is 6.66. The molecule has 1 aromatic rings. The van der Waals surface area contributed by atoms with E-state index in [1.807, 2.05) is 0 Å². The predicted molar refractivity (Wildman–Crippen MR) is 74.2 cm³/mol. The number of rotatable bonds is 4. The van der Waals surface area contributed by atoms with Gasteiger partial charge in [-0.3, -0.25) is 19.1 Å². The zero-order chi connectivity index (χ0) is 16.4. The Bertz CT molecular complexity index is 747. The molecule has 22 heavy (non-hydrogen) atoms. The number of nitrogens with one attached hydrogen (secondary N) is 1. The maximum atomic E-state index is 11.8. The number of aryl methyl sites for hydroxylation is 1. The molecule has 10 nitrogen and oxygen atoms in total. The molecule has 1 unspecified atom stereocenters. The minimum atomic E-state index is -1.46. The number of azide groups is 1. The van der Waals surface area contributed by atoms with Crippen molar-refractivity contribution in [2.45, 2.75) is 44.7 Å². The van der Waals surface area contributed by atoms with Gasteiger partial charge in [-0.2, -0.15) is 0 Å². The lowest BCUT2D eigenvalue weighted by Gasteiger charge is -2.19. The monoisotopic (exact) mass is 309 g/mol. The number of hydrogen-bond donors (Lipinski definition) is 2. The summed E-state index contributed by atoms with van der Waals surface area (Å²) in [4.78, 5) is 39.3. The van der Waals surface area contributed by atoms with E-state index in [0.29, 0.717) is 5.56 Å². The van der Waals surface area contributed by atoms with Crippen molar-refractivity contribution in [1.29, 1.82) is 0 Å². The number of aromatic nitrogens is 2. The van der Waals surface area contributed by atoms with Crippen LogP contribution in [0.5, 0.6) is 0 Å². The standard InChI is InChI=1S/C12H15N5O5/c1-5-4-17(12(21)14-11(5)20)8-3-7(15-16-13)10(22-8)9(19)6(2)18/h4,7-10,19H,3H2,1-2H3,(H,14,20,21)/t7-,8+,9?,10-/m0/s1. The number of nitrogens with zero attached hydrogens (tertiary/aromatic N) is 4. The van der Waals surface area contributed by atoms with Gasteiger partial charge in [-0.05, 0) is 19.4 Å². The topological polar surface area (TPSA) is 150 Å². The van der Waals surface area contributed by atoms with E-state index in [4.69, 9.17) is 10.3 Å². The van der Waals surface area contributed by atoms with Crippen LogP contribution in [-0.2, 0) is 9.53 Å². The van der Waals surface area contributed by atoms with Crippen LogP contribution in [0.25, 0.3) is 10.4 Å². The molecule has 0 aliphatic carbocycles. The number of aliphatic hydroxyl groups excluding tert-OH is 1. The number of hydrogen-bond acceptors (Lipinski definition) is 6. The first kappa shape index (κ1) is 16.0. The average molecular weight is 309 g/mol. The van der Waals surface area contributed by atoms with Crippen LogP contribution in [-0.4, -0.2) is 38.7 Å². The molecule has 1 aromatic heterocycles. The van der Waals surface area contributed by atoms with Gasteiger partial charge in [0.1, 0.15) is 18.4 Å². The van der Waals surface area contributed by atoms with Gasteiger partial charge in [-0.15, -0.1) is 0 Å². The van der Waals surface area contributed by atoms with Gasteiger partial charge in [0.2, 0.25) is 0 Å². The SMILES string of the molecule is CC(=O)C(O)[C@H]1O[C@@H](n2cc(C)c(=O)[nH]c2=O)C[C@@H]1N=[N+]=[N-]. The molecule has 2 N–H and O–H groups in total. The summed E-state index contributed by atoms with van der Waals surface area (Å²) in [7, 11) is 0. The smallest absolute Gasteiger partial charge is 0.330 e. The average Bonchev–Trinajstić information content (AvgIpc) is 2.86. The molecule has 0 aromatic carbocycles. The highest BCUT2D eigenvalue weighted by Gasteiger charge is 2.41. The molecule has 1 fully saturated rings. The molecule has 4 atom stereocenters. The Hall–Kier alpha value is -2.42. The van der Waals surface area contributed by atoms with E-state index in [0.717, 1.165) is 4.57 Å². The Kier molecular flexibility index (Phi) is 4.45. The largest absolute Gasteiger partial charge is 0.383 e. The molecule has 1 saturated heterocycles. The summed E-state index contributed by atoms with van der Waals surface area (Å²) in [5, 5.41) is 13.4. The summed E-state index contributed by atoms with van der Waals surface area (Å²) in [6.45, 7) is 2.71. The number of ether oxygens (including phenoxy) is 1. The Labute approximate surface area is 124 Å². The van der Waals surface area contributed by atoms with Gasteiger partial charge in [-0.25, -0.2) is 4.79 Å². The second-order valence-corrected chi connectivity index (χ2v) is 5.10. The Morgan fingerprint density at radius 3 is 2.91 bits per heavy atom. The Balaban J connectivity index is 2.37. The summed E-state index contributed by atoms with van der Waals surface area (Å²) in [5.74, 6) is -0.534. The fourth-order valence-electron chi connectivity index (χ4n) is 2.34. The summed E-state index contributed by atoms with van der Waals surface area (Å²) in [6, 6.07) is -0.798. The number of H-pyrrole nitrogens is 1. The van der Waals surface area contributed by atoms with Gasteiger partial charge < -0.3 is 9.84 Å². The highest BCUT2D eigenvalue weighted by atomic mass is 16.5. The van der Waals surface area contributed by atoms with E-state index >= 15 is 0 Å². The molecule has 1 aliphatic rings. The van der Waals surface area contributed by atoms with Crippen molar-refractivity contribution >= 4 is 5.78 Å². The van der Waals surface area contributed by atoms with Crippen LogP contribution in [0.15, 0.2) is 20.9 Å². The number of ketones is 1. The minimum Gasteiger partial charge on any atom is -0.383 e. The van der Waals surface area contributed by atoms with Crippen LogP contribution in [0.1, 0.15) is 25.1 Å². The minimum absolute atomic E-state index is 0.102. The molecule has 2 heterocycles. The van der Waals surface area contributed by atoms with E-state index in [1.165, 1.54) is 20.0 Å². The number of aliphatic hydroxyl groups is 1. The van der Waals surface area contributed by atoms with Crippen LogP contribution in [0, 0.1) is 6.92 Å². The molecule has 0 saturated carbocycles. The van der Waals surface area contributed by atoms with Gasteiger partial charge in [-0.1, -0.05) is 5.11 Å². The van der Waals surface area contributed by atoms with Crippen molar-refractivity contribution in [2.24, 2.45) is 5.11 Å². The van der Waals surface area contributed by atoms with Crippen molar-refractivity contribution in [3.63, 3.8) is 0 Å². The van der Waals surface area contributed by atoms with Crippen LogP contribution in [0.3, 0.4) is 0 Å². The maximum absolute atomic E-state index is 11.8. The second-order valence-electron chi connectivity index (χ2n) is 5.10. The molecular weight excluding hydrogens is 294 g/mol. The zero-order valence-electron chi connectivity index (χ0n) is 12.0. The van der Waals surface area contributed by atoms with Gasteiger partial charge in [0.25, 0.3) is 5.56 Å². The van der Waals surface area contributed by atoms with Crippen molar-refractivity contribution in [2.75, 3.05) is 0 Å². The third-order valence-corrected chi connectivity index (χ3v) is 3.52. The van der Waals surface area contributed by atoms with E-state index in [1.54, 1.807) is 0 Å².